The fourth-order valence-corrected chi connectivity index (χ4v) is 2.44. The maximum atomic E-state index is 12.7. The Hall–Kier alpha value is -2.61. The zero-order chi connectivity index (χ0) is 19.2. The van der Waals surface area contributed by atoms with Gasteiger partial charge in [-0.25, -0.2) is 5.43 Å². The number of hydrogen-bond donors (Lipinski definition) is 1. The molecule has 1 amide bonds. The van der Waals surface area contributed by atoms with E-state index in [4.69, 9.17) is 4.74 Å². The van der Waals surface area contributed by atoms with E-state index in [-0.39, 0.29) is 5.56 Å². The Morgan fingerprint density at radius 3 is 2.69 bits per heavy atom. The molecular weight excluding hydrogens is 413 g/mol. The number of hydrogen-bond acceptors (Lipinski definition) is 3. The normalized spacial score (nSPS) is 11.4. The van der Waals surface area contributed by atoms with E-state index in [9.17, 15) is 18.0 Å². The third-order valence-corrected chi connectivity index (χ3v) is 3.76. The minimum atomic E-state index is -4.51. The number of carbonyl (C=O) groups is 1. The molecule has 0 aliphatic rings. The van der Waals surface area contributed by atoms with Crippen molar-refractivity contribution in [2.75, 3.05) is 6.61 Å². The number of ether oxygens (including phenoxy) is 1. The van der Waals surface area contributed by atoms with Crippen LogP contribution >= 0.6 is 15.9 Å². The summed E-state index contributed by atoms with van der Waals surface area (Å²) in [6, 6.07) is 9.26. The summed E-state index contributed by atoms with van der Waals surface area (Å²) in [5, 5.41) is 3.76. The van der Waals surface area contributed by atoms with Crippen molar-refractivity contribution in [3.63, 3.8) is 0 Å². The summed E-state index contributed by atoms with van der Waals surface area (Å²) in [5.41, 5.74) is 1.83. The van der Waals surface area contributed by atoms with Gasteiger partial charge in [0.2, 0.25) is 0 Å². The number of alkyl halides is 3. The largest absolute Gasteiger partial charge is 0.488 e. The summed E-state index contributed by atoms with van der Waals surface area (Å²) in [4.78, 5) is 11.9. The third kappa shape index (κ3) is 5.45. The van der Waals surface area contributed by atoms with E-state index in [1.165, 1.54) is 18.3 Å². The standard InChI is InChI=1S/C18H14BrF3N2O2/c1-2-8-26-16-7-6-12(9-15(16)19)11-23-24-17(25)13-4-3-5-14(10-13)18(20,21)22/h2-7,9-11H,1,8H2,(H,24,25)/b23-11+. The van der Waals surface area contributed by atoms with Crippen LogP contribution in [0.4, 0.5) is 13.2 Å². The van der Waals surface area contributed by atoms with E-state index >= 15 is 0 Å². The summed E-state index contributed by atoms with van der Waals surface area (Å²) in [6.45, 7) is 3.92. The van der Waals surface area contributed by atoms with E-state index in [0.717, 1.165) is 12.1 Å². The molecule has 26 heavy (non-hydrogen) atoms. The van der Waals surface area contributed by atoms with Crippen molar-refractivity contribution < 1.29 is 22.7 Å². The molecule has 0 aromatic heterocycles. The number of amides is 1. The van der Waals surface area contributed by atoms with Gasteiger partial charge in [-0.05, 0) is 57.9 Å². The van der Waals surface area contributed by atoms with E-state index in [2.05, 4.69) is 33.0 Å². The first-order valence-corrected chi connectivity index (χ1v) is 8.14. The predicted octanol–water partition coefficient (Wildman–Crippen LogP) is 4.80. The van der Waals surface area contributed by atoms with Crippen molar-refractivity contribution in [3.8, 4) is 5.75 Å². The molecule has 0 saturated carbocycles. The minimum absolute atomic E-state index is 0.133. The van der Waals surface area contributed by atoms with Gasteiger partial charge in [0.15, 0.2) is 0 Å². The molecule has 136 valence electrons. The Bertz CT molecular complexity index is 835. The van der Waals surface area contributed by atoms with Crippen molar-refractivity contribution in [1.29, 1.82) is 0 Å². The van der Waals surface area contributed by atoms with Crippen LogP contribution in [0.2, 0.25) is 0 Å². The van der Waals surface area contributed by atoms with Crippen molar-refractivity contribution in [1.82, 2.24) is 5.43 Å². The van der Waals surface area contributed by atoms with Gasteiger partial charge in [-0.15, -0.1) is 0 Å². The molecule has 0 fully saturated rings. The van der Waals surface area contributed by atoms with Crippen LogP contribution in [0.3, 0.4) is 0 Å². The topological polar surface area (TPSA) is 50.7 Å². The van der Waals surface area contributed by atoms with Gasteiger partial charge < -0.3 is 4.74 Å². The van der Waals surface area contributed by atoms with E-state index in [0.29, 0.717) is 22.4 Å². The second kappa shape index (κ2) is 8.66. The molecular formula is C18H14BrF3N2O2. The summed E-state index contributed by atoms with van der Waals surface area (Å²) in [7, 11) is 0. The summed E-state index contributed by atoms with van der Waals surface area (Å²) < 4.78 is 44.1. The van der Waals surface area contributed by atoms with Gasteiger partial charge in [0.1, 0.15) is 12.4 Å². The van der Waals surface area contributed by atoms with Gasteiger partial charge in [-0.1, -0.05) is 18.7 Å². The fourth-order valence-electron chi connectivity index (χ4n) is 1.93. The Morgan fingerprint density at radius 1 is 1.27 bits per heavy atom. The van der Waals surface area contributed by atoms with Gasteiger partial charge in [0.25, 0.3) is 5.91 Å². The summed E-state index contributed by atoms with van der Waals surface area (Å²) in [5.74, 6) is -0.118. The average Bonchev–Trinajstić information content (AvgIpc) is 2.60. The van der Waals surface area contributed by atoms with Crippen LogP contribution in [0.25, 0.3) is 0 Å². The van der Waals surface area contributed by atoms with Gasteiger partial charge in [-0.3, -0.25) is 4.79 Å². The van der Waals surface area contributed by atoms with Crippen LogP contribution in [0.1, 0.15) is 21.5 Å². The van der Waals surface area contributed by atoms with Crippen LogP contribution in [-0.2, 0) is 6.18 Å². The first-order chi connectivity index (χ1) is 12.3. The number of hydrazone groups is 1. The number of benzene rings is 2. The van der Waals surface area contributed by atoms with Crippen molar-refractivity contribution in [2.45, 2.75) is 6.18 Å². The molecule has 2 aromatic rings. The molecule has 0 heterocycles. The van der Waals surface area contributed by atoms with E-state index in [1.807, 2.05) is 0 Å². The Balaban J connectivity index is 2.03. The zero-order valence-corrected chi connectivity index (χ0v) is 15.0. The van der Waals surface area contributed by atoms with Crippen molar-refractivity contribution in [3.05, 3.63) is 76.3 Å². The molecule has 0 atom stereocenters. The van der Waals surface area contributed by atoms with Crippen LogP contribution in [0.5, 0.6) is 5.75 Å². The number of nitrogens with one attached hydrogen (secondary N) is 1. The SMILES string of the molecule is C=CCOc1ccc(/C=N/NC(=O)c2cccc(C(F)(F)F)c2)cc1Br. The van der Waals surface area contributed by atoms with Gasteiger partial charge in [0, 0.05) is 5.56 Å². The van der Waals surface area contributed by atoms with Gasteiger partial charge in [0.05, 0.1) is 16.3 Å². The number of rotatable bonds is 6. The maximum Gasteiger partial charge on any atom is 0.416 e. The van der Waals surface area contributed by atoms with E-state index in [1.54, 1.807) is 24.3 Å². The first kappa shape index (κ1) is 19.7. The first-order valence-electron chi connectivity index (χ1n) is 7.35. The second-order valence-corrected chi connectivity index (χ2v) is 5.92. The lowest BCUT2D eigenvalue weighted by molar-refractivity contribution is -0.137. The smallest absolute Gasteiger partial charge is 0.416 e. The number of nitrogens with zero attached hydrogens (tertiary/aromatic N) is 1. The Labute approximate surface area is 156 Å². The molecule has 0 radical (unpaired) electrons. The monoisotopic (exact) mass is 426 g/mol. The van der Waals surface area contributed by atoms with Crippen molar-refractivity contribution in [2.24, 2.45) is 5.10 Å². The highest BCUT2D eigenvalue weighted by molar-refractivity contribution is 9.10. The van der Waals surface area contributed by atoms with Crippen LogP contribution in [0.15, 0.2) is 64.7 Å². The van der Waals surface area contributed by atoms with Gasteiger partial charge >= 0.3 is 6.18 Å². The molecule has 8 heteroatoms. The molecule has 0 spiro atoms. The highest BCUT2D eigenvalue weighted by atomic mass is 79.9. The third-order valence-electron chi connectivity index (χ3n) is 3.14. The van der Waals surface area contributed by atoms with Crippen LogP contribution < -0.4 is 10.2 Å². The molecule has 0 bridgehead atoms. The lowest BCUT2D eigenvalue weighted by Gasteiger charge is -2.08. The van der Waals surface area contributed by atoms with Crippen LogP contribution in [-0.4, -0.2) is 18.7 Å². The minimum Gasteiger partial charge on any atom is -0.488 e. The van der Waals surface area contributed by atoms with E-state index < -0.39 is 17.6 Å². The number of halogens is 4. The van der Waals surface area contributed by atoms with Crippen molar-refractivity contribution >= 4 is 28.1 Å². The molecule has 2 aromatic carbocycles. The van der Waals surface area contributed by atoms with Crippen LogP contribution in [0, 0.1) is 0 Å². The maximum absolute atomic E-state index is 12.7. The molecule has 4 nitrogen and oxygen atoms in total. The summed E-state index contributed by atoms with van der Waals surface area (Å²) >= 11 is 3.35. The quantitative estimate of drug-likeness (QED) is 0.409. The lowest BCUT2D eigenvalue weighted by atomic mass is 10.1. The average molecular weight is 427 g/mol. The Morgan fingerprint density at radius 2 is 2.04 bits per heavy atom. The molecule has 0 saturated heterocycles. The Kier molecular flexibility index (Phi) is 6.57. The predicted molar refractivity (Wildman–Crippen MR) is 96.3 cm³/mol. The molecule has 1 N–H and O–H groups in total. The second-order valence-electron chi connectivity index (χ2n) is 5.07. The molecule has 2 rings (SSSR count). The lowest BCUT2D eigenvalue weighted by Crippen LogP contribution is -2.18. The summed E-state index contributed by atoms with van der Waals surface area (Å²) in [6.07, 6.45) is -1.53. The highest BCUT2D eigenvalue weighted by Crippen LogP contribution is 2.29. The zero-order valence-electron chi connectivity index (χ0n) is 13.4. The number of carbonyl (C=O) groups excluding carboxylic acids is 1. The molecule has 0 aliphatic carbocycles. The molecule has 0 unspecified atom stereocenters. The fraction of sp³-hybridized carbons (Fsp3) is 0.111. The highest BCUT2D eigenvalue weighted by Gasteiger charge is 2.30. The van der Waals surface area contributed by atoms with Gasteiger partial charge in [-0.2, -0.15) is 18.3 Å². The molecule has 0 aliphatic heterocycles.